The SMILES string of the molecule is CC(C)(C)c1nc2cc(-c3cc(N)n[nH]3)ccc2s1. The third-order valence-electron chi connectivity index (χ3n) is 2.94. The van der Waals surface area contributed by atoms with Gasteiger partial charge >= 0.3 is 0 Å². The molecule has 0 fully saturated rings. The molecule has 1 aromatic carbocycles. The molecule has 0 amide bonds. The molecule has 3 rings (SSSR count). The number of rotatable bonds is 1. The predicted molar refractivity (Wildman–Crippen MR) is 80.3 cm³/mol. The van der Waals surface area contributed by atoms with Gasteiger partial charge in [0.1, 0.15) is 5.82 Å². The fourth-order valence-corrected chi connectivity index (χ4v) is 2.90. The summed E-state index contributed by atoms with van der Waals surface area (Å²) in [6.07, 6.45) is 0. The summed E-state index contributed by atoms with van der Waals surface area (Å²) in [4.78, 5) is 4.73. The highest BCUT2D eigenvalue weighted by Gasteiger charge is 2.18. The summed E-state index contributed by atoms with van der Waals surface area (Å²) >= 11 is 1.75. The van der Waals surface area contributed by atoms with E-state index in [2.05, 4.69) is 49.2 Å². The lowest BCUT2D eigenvalue weighted by Crippen LogP contribution is -2.09. The van der Waals surface area contributed by atoms with Crippen LogP contribution in [0.25, 0.3) is 21.5 Å². The summed E-state index contributed by atoms with van der Waals surface area (Å²) < 4.78 is 1.21. The van der Waals surface area contributed by atoms with Gasteiger partial charge in [0.05, 0.1) is 20.9 Å². The molecule has 0 aliphatic rings. The molecule has 0 aliphatic carbocycles. The van der Waals surface area contributed by atoms with Gasteiger partial charge in [0.25, 0.3) is 0 Å². The second-order valence-corrected chi connectivity index (χ2v) is 6.69. The number of fused-ring (bicyclic) bond motifs is 1. The van der Waals surface area contributed by atoms with Crippen LogP contribution in [0, 0.1) is 0 Å². The van der Waals surface area contributed by atoms with Gasteiger partial charge in [-0.15, -0.1) is 11.3 Å². The second-order valence-electron chi connectivity index (χ2n) is 5.66. The third kappa shape index (κ3) is 2.21. The van der Waals surface area contributed by atoms with Crippen molar-refractivity contribution in [3.63, 3.8) is 0 Å². The van der Waals surface area contributed by atoms with Crippen LogP contribution in [0.4, 0.5) is 5.82 Å². The molecule has 3 aromatic rings. The van der Waals surface area contributed by atoms with Crippen LogP contribution in [-0.2, 0) is 5.41 Å². The largest absolute Gasteiger partial charge is 0.382 e. The van der Waals surface area contributed by atoms with Gasteiger partial charge in [-0.2, -0.15) is 5.10 Å². The van der Waals surface area contributed by atoms with Gasteiger partial charge in [-0.3, -0.25) is 5.10 Å². The predicted octanol–water partition coefficient (Wildman–Crippen LogP) is 3.57. The van der Waals surface area contributed by atoms with E-state index in [1.54, 1.807) is 11.3 Å². The number of benzene rings is 1. The average molecular weight is 272 g/mol. The van der Waals surface area contributed by atoms with E-state index >= 15 is 0 Å². The summed E-state index contributed by atoms with van der Waals surface area (Å²) in [7, 11) is 0. The number of nitrogens with one attached hydrogen (secondary N) is 1. The third-order valence-corrected chi connectivity index (χ3v) is 4.40. The summed E-state index contributed by atoms with van der Waals surface area (Å²) in [6.45, 7) is 6.55. The van der Waals surface area contributed by atoms with Crippen LogP contribution in [0.5, 0.6) is 0 Å². The Labute approximate surface area is 115 Å². The van der Waals surface area contributed by atoms with Crippen LogP contribution in [-0.4, -0.2) is 15.2 Å². The molecule has 0 bridgehead atoms. The molecule has 0 saturated heterocycles. The Morgan fingerprint density at radius 2 is 2.00 bits per heavy atom. The molecule has 0 saturated carbocycles. The van der Waals surface area contributed by atoms with Crippen LogP contribution in [0.15, 0.2) is 24.3 Å². The minimum Gasteiger partial charge on any atom is -0.382 e. The van der Waals surface area contributed by atoms with Crippen molar-refractivity contribution in [2.75, 3.05) is 5.73 Å². The summed E-state index contributed by atoms with van der Waals surface area (Å²) in [5.41, 5.74) is 8.73. The van der Waals surface area contributed by atoms with E-state index in [4.69, 9.17) is 10.7 Å². The van der Waals surface area contributed by atoms with Gasteiger partial charge in [0.15, 0.2) is 0 Å². The van der Waals surface area contributed by atoms with Crippen LogP contribution in [0.1, 0.15) is 25.8 Å². The molecular weight excluding hydrogens is 256 g/mol. The van der Waals surface area contributed by atoms with E-state index in [1.165, 1.54) is 4.70 Å². The molecule has 4 nitrogen and oxygen atoms in total. The fourth-order valence-electron chi connectivity index (χ4n) is 1.90. The number of nitrogen functional groups attached to an aromatic ring is 1. The number of hydrogen-bond acceptors (Lipinski definition) is 4. The molecule has 0 atom stereocenters. The fraction of sp³-hybridized carbons (Fsp3) is 0.286. The number of aromatic nitrogens is 3. The van der Waals surface area contributed by atoms with E-state index < -0.39 is 0 Å². The number of nitrogens with zero attached hydrogens (tertiary/aromatic N) is 2. The first-order valence-corrected chi connectivity index (χ1v) is 6.97. The van der Waals surface area contributed by atoms with Gasteiger partial charge in [0, 0.05) is 17.0 Å². The first kappa shape index (κ1) is 12.2. The van der Waals surface area contributed by atoms with E-state index in [9.17, 15) is 0 Å². The smallest absolute Gasteiger partial charge is 0.145 e. The lowest BCUT2D eigenvalue weighted by Gasteiger charge is -2.13. The van der Waals surface area contributed by atoms with E-state index in [0.29, 0.717) is 5.82 Å². The Morgan fingerprint density at radius 1 is 1.21 bits per heavy atom. The van der Waals surface area contributed by atoms with Crippen molar-refractivity contribution in [1.29, 1.82) is 0 Å². The maximum Gasteiger partial charge on any atom is 0.145 e. The van der Waals surface area contributed by atoms with Gasteiger partial charge in [0.2, 0.25) is 0 Å². The maximum absolute atomic E-state index is 5.63. The highest BCUT2D eigenvalue weighted by Crippen LogP contribution is 2.33. The van der Waals surface area contributed by atoms with Crippen molar-refractivity contribution in [1.82, 2.24) is 15.2 Å². The van der Waals surface area contributed by atoms with Crippen molar-refractivity contribution in [2.45, 2.75) is 26.2 Å². The zero-order valence-electron chi connectivity index (χ0n) is 11.2. The second kappa shape index (κ2) is 4.06. The first-order chi connectivity index (χ1) is 8.93. The summed E-state index contributed by atoms with van der Waals surface area (Å²) in [6, 6.07) is 8.08. The van der Waals surface area contributed by atoms with Crippen molar-refractivity contribution < 1.29 is 0 Å². The number of anilines is 1. The molecule has 0 radical (unpaired) electrons. The monoisotopic (exact) mass is 272 g/mol. The number of aromatic amines is 1. The first-order valence-electron chi connectivity index (χ1n) is 6.16. The molecule has 0 aliphatic heterocycles. The molecule has 5 heteroatoms. The number of nitrogens with two attached hydrogens (primary N) is 1. The molecule has 0 unspecified atom stereocenters. The van der Waals surface area contributed by atoms with Crippen molar-refractivity contribution in [3.8, 4) is 11.3 Å². The van der Waals surface area contributed by atoms with Crippen LogP contribution in [0.2, 0.25) is 0 Å². The van der Waals surface area contributed by atoms with Crippen molar-refractivity contribution >= 4 is 27.4 Å². The Morgan fingerprint density at radius 3 is 2.63 bits per heavy atom. The number of H-pyrrole nitrogens is 1. The standard InChI is InChI=1S/C14H16N4S/c1-14(2,3)13-16-10-6-8(4-5-11(10)19-13)9-7-12(15)18-17-9/h4-7H,1-3H3,(H3,15,17,18). The lowest BCUT2D eigenvalue weighted by molar-refractivity contribution is 0.587. The van der Waals surface area contributed by atoms with Crippen molar-refractivity contribution in [3.05, 3.63) is 29.3 Å². The van der Waals surface area contributed by atoms with Gasteiger partial charge in [-0.25, -0.2) is 4.98 Å². The molecule has 2 aromatic heterocycles. The Bertz CT molecular complexity index is 733. The number of thiazole rings is 1. The van der Waals surface area contributed by atoms with Gasteiger partial charge < -0.3 is 5.73 Å². The van der Waals surface area contributed by atoms with Crippen LogP contribution < -0.4 is 5.73 Å². The zero-order chi connectivity index (χ0) is 13.6. The van der Waals surface area contributed by atoms with E-state index in [1.807, 2.05) is 6.07 Å². The quantitative estimate of drug-likeness (QED) is 0.711. The van der Waals surface area contributed by atoms with Gasteiger partial charge in [-0.1, -0.05) is 26.8 Å². The topological polar surface area (TPSA) is 67.6 Å². The Kier molecular flexibility index (Phi) is 2.60. The summed E-state index contributed by atoms with van der Waals surface area (Å²) in [5, 5.41) is 8.03. The van der Waals surface area contributed by atoms with E-state index in [0.717, 1.165) is 21.8 Å². The minimum absolute atomic E-state index is 0.0856. The molecule has 2 heterocycles. The Balaban J connectivity index is 2.11. The highest BCUT2D eigenvalue weighted by atomic mass is 32.1. The minimum atomic E-state index is 0.0856. The normalized spacial score (nSPS) is 12.2. The molecule has 3 N–H and O–H groups in total. The van der Waals surface area contributed by atoms with Crippen molar-refractivity contribution in [2.24, 2.45) is 0 Å². The number of hydrogen-bond donors (Lipinski definition) is 2. The Hall–Kier alpha value is -1.88. The lowest BCUT2D eigenvalue weighted by atomic mass is 9.98. The van der Waals surface area contributed by atoms with E-state index in [-0.39, 0.29) is 5.41 Å². The zero-order valence-corrected chi connectivity index (χ0v) is 12.0. The molecule has 0 spiro atoms. The van der Waals surface area contributed by atoms with Crippen LogP contribution >= 0.6 is 11.3 Å². The highest BCUT2D eigenvalue weighted by molar-refractivity contribution is 7.18. The van der Waals surface area contributed by atoms with Crippen LogP contribution in [0.3, 0.4) is 0 Å². The molecular formula is C14H16N4S. The summed E-state index contributed by atoms with van der Waals surface area (Å²) in [5.74, 6) is 0.503. The average Bonchev–Trinajstić information content (AvgIpc) is 2.92. The van der Waals surface area contributed by atoms with Gasteiger partial charge in [-0.05, 0) is 12.1 Å². The molecule has 98 valence electrons. The molecule has 19 heavy (non-hydrogen) atoms. The maximum atomic E-state index is 5.63.